The fourth-order valence-electron chi connectivity index (χ4n) is 5.67. The number of carbonyl (C=O) groups is 1. The second kappa shape index (κ2) is 7.20. The Labute approximate surface area is 198 Å². The zero-order chi connectivity index (χ0) is 23.8. The van der Waals surface area contributed by atoms with Gasteiger partial charge in [0.1, 0.15) is 17.1 Å². The number of hydrogen-bond donors (Lipinski definition) is 0. The van der Waals surface area contributed by atoms with Crippen LogP contribution in [0, 0.1) is 12.3 Å². The van der Waals surface area contributed by atoms with Gasteiger partial charge >= 0.3 is 0 Å². The summed E-state index contributed by atoms with van der Waals surface area (Å²) in [7, 11) is 0. The van der Waals surface area contributed by atoms with Crippen LogP contribution in [-0.4, -0.2) is 12.3 Å². The average molecular weight is 454 g/mol. The molecule has 1 aliphatic carbocycles. The maximum Gasteiger partial charge on any atom is 0.208 e. The molecule has 0 saturated heterocycles. The molecule has 3 heterocycles. The SMILES string of the molecule is CC1=C2CN(c3ccccc3)c3oc4ccc(C)cc4c(=O)c3C2C2=C(CC(C)(C)CC2=O)O1. The number of aryl methyl sites for hydroxylation is 1. The molecule has 0 radical (unpaired) electrons. The molecule has 0 bridgehead atoms. The van der Waals surface area contributed by atoms with Gasteiger partial charge in [0, 0.05) is 29.7 Å². The molecular formula is C29H27NO4. The van der Waals surface area contributed by atoms with Crippen molar-refractivity contribution in [1.29, 1.82) is 0 Å². The molecule has 0 amide bonds. The summed E-state index contributed by atoms with van der Waals surface area (Å²) in [6, 6.07) is 15.6. The van der Waals surface area contributed by atoms with Crippen LogP contribution in [-0.2, 0) is 9.53 Å². The molecular weight excluding hydrogens is 426 g/mol. The van der Waals surface area contributed by atoms with Crippen LogP contribution in [0.4, 0.5) is 11.6 Å². The minimum absolute atomic E-state index is 0.0594. The Bertz CT molecular complexity index is 1490. The van der Waals surface area contributed by atoms with Gasteiger partial charge in [-0.3, -0.25) is 9.59 Å². The van der Waals surface area contributed by atoms with Crippen molar-refractivity contribution in [2.75, 3.05) is 11.4 Å². The number of carbonyl (C=O) groups excluding carboxylic acids is 1. The van der Waals surface area contributed by atoms with Gasteiger partial charge in [0.15, 0.2) is 11.2 Å². The van der Waals surface area contributed by atoms with Crippen LogP contribution in [0.3, 0.4) is 0 Å². The van der Waals surface area contributed by atoms with E-state index in [9.17, 15) is 9.59 Å². The van der Waals surface area contributed by atoms with Gasteiger partial charge in [-0.15, -0.1) is 0 Å². The van der Waals surface area contributed by atoms with Crippen LogP contribution >= 0.6 is 0 Å². The number of allylic oxidation sites excluding steroid dienone is 3. The Kier molecular flexibility index (Phi) is 4.44. The van der Waals surface area contributed by atoms with E-state index in [1.165, 1.54) is 0 Å². The Morgan fingerprint density at radius 3 is 2.53 bits per heavy atom. The zero-order valence-corrected chi connectivity index (χ0v) is 19.9. The van der Waals surface area contributed by atoms with E-state index in [4.69, 9.17) is 9.15 Å². The molecule has 1 unspecified atom stereocenters. The summed E-state index contributed by atoms with van der Waals surface area (Å²) in [6.45, 7) is 8.57. The van der Waals surface area contributed by atoms with Crippen molar-refractivity contribution in [3.05, 3.63) is 92.5 Å². The van der Waals surface area contributed by atoms with Crippen LogP contribution in [0.25, 0.3) is 11.0 Å². The van der Waals surface area contributed by atoms with E-state index in [-0.39, 0.29) is 16.6 Å². The summed E-state index contributed by atoms with van der Waals surface area (Å²) in [5.74, 6) is 1.60. The standard InChI is InChI=1S/C29H27NO4/c1-16-10-11-22-19(12-16)27(32)26-24-20(15-30(28(26)34-22)18-8-6-5-7-9-18)17(2)33-23-14-29(3,4)13-21(31)25(23)24/h5-12,24H,13-15H2,1-4H3. The highest BCUT2D eigenvalue weighted by Gasteiger charge is 2.47. The summed E-state index contributed by atoms with van der Waals surface area (Å²) >= 11 is 0. The summed E-state index contributed by atoms with van der Waals surface area (Å²) in [6.07, 6.45) is 1.11. The lowest BCUT2D eigenvalue weighted by Gasteiger charge is -2.43. The predicted octanol–water partition coefficient (Wildman–Crippen LogP) is 6.28. The van der Waals surface area contributed by atoms with E-state index in [1.807, 2.05) is 67.3 Å². The molecule has 2 aromatic carbocycles. The molecule has 0 fully saturated rings. The number of Topliss-reactive ketones (excluding diaryl/α,β-unsaturated/α-hetero) is 1. The number of para-hydroxylation sites is 1. The number of ketones is 1. The van der Waals surface area contributed by atoms with Crippen molar-refractivity contribution < 1.29 is 13.9 Å². The fraction of sp³-hybridized carbons (Fsp3) is 0.310. The van der Waals surface area contributed by atoms with Gasteiger partial charge in [-0.25, -0.2) is 0 Å². The number of rotatable bonds is 1. The fourth-order valence-corrected chi connectivity index (χ4v) is 5.67. The Hall–Kier alpha value is -3.60. The summed E-state index contributed by atoms with van der Waals surface area (Å²) < 4.78 is 12.7. The molecule has 5 nitrogen and oxygen atoms in total. The van der Waals surface area contributed by atoms with Gasteiger partial charge in [0.05, 0.1) is 23.4 Å². The van der Waals surface area contributed by atoms with E-state index < -0.39 is 5.92 Å². The molecule has 3 aromatic rings. The number of ether oxygens (including phenoxy) is 1. The minimum atomic E-state index is -0.441. The smallest absolute Gasteiger partial charge is 0.208 e. The highest BCUT2D eigenvalue weighted by molar-refractivity contribution is 6.00. The first-order valence-electron chi connectivity index (χ1n) is 11.8. The molecule has 0 N–H and O–H groups in total. The van der Waals surface area contributed by atoms with Crippen molar-refractivity contribution in [1.82, 2.24) is 0 Å². The zero-order valence-electron chi connectivity index (χ0n) is 19.9. The van der Waals surface area contributed by atoms with Crippen LogP contribution in [0.15, 0.2) is 80.4 Å². The third-order valence-corrected chi connectivity index (χ3v) is 7.24. The van der Waals surface area contributed by atoms with Crippen molar-refractivity contribution >= 4 is 28.3 Å². The van der Waals surface area contributed by atoms with Gasteiger partial charge in [-0.1, -0.05) is 43.7 Å². The third kappa shape index (κ3) is 3.07. The first kappa shape index (κ1) is 21.0. The van der Waals surface area contributed by atoms with Crippen LogP contribution in [0.5, 0.6) is 0 Å². The number of nitrogens with zero attached hydrogens (tertiary/aromatic N) is 1. The number of hydrogen-bond acceptors (Lipinski definition) is 5. The topological polar surface area (TPSA) is 59.8 Å². The molecule has 3 aliphatic rings. The minimum Gasteiger partial charge on any atom is -0.466 e. The average Bonchev–Trinajstić information content (AvgIpc) is 2.78. The highest BCUT2D eigenvalue weighted by Crippen LogP contribution is 2.53. The van der Waals surface area contributed by atoms with Crippen molar-refractivity contribution in [2.45, 2.75) is 46.5 Å². The summed E-state index contributed by atoms with van der Waals surface area (Å²) in [4.78, 5) is 29.6. The number of benzene rings is 2. The molecule has 172 valence electrons. The summed E-state index contributed by atoms with van der Waals surface area (Å²) in [5, 5.41) is 0.544. The molecule has 1 atom stereocenters. The largest absolute Gasteiger partial charge is 0.466 e. The second-order valence-corrected chi connectivity index (χ2v) is 10.5. The number of anilines is 2. The maximum absolute atomic E-state index is 14.1. The quantitative estimate of drug-likeness (QED) is 0.434. The Morgan fingerprint density at radius 2 is 1.76 bits per heavy atom. The Morgan fingerprint density at radius 1 is 1.00 bits per heavy atom. The van der Waals surface area contributed by atoms with E-state index in [0.717, 1.165) is 22.6 Å². The van der Waals surface area contributed by atoms with E-state index in [0.29, 0.717) is 53.1 Å². The molecule has 5 heteroatoms. The van der Waals surface area contributed by atoms with Crippen LogP contribution in [0.2, 0.25) is 0 Å². The highest BCUT2D eigenvalue weighted by atomic mass is 16.5. The molecule has 34 heavy (non-hydrogen) atoms. The summed E-state index contributed by atoms with van der Waals surface area (Å²) in [5.41, 5.74) is 4.32. The first-order valence-corrected chi connectivity index (χ1v) is 11.8. The Balaban J connectivity index is 1.68. The number of fused-ring (bicyclic) bond motifs is 5. The van der Waals surface area contributed by atoms with E-state index in [2.05, 4.69) is 13.8 Å². The monoisotopic (exact) mass is 453 g/mol. The van der Waals surface area contributed by atoms with E-state index in [1.54, 1.807) is 0 Å². The lowest BCUT2D eigenvalue weighted by Crippen LogP contribution is -2.40. The van der Waals surface area contributed by atoms with Crippen molar-refractivity contribution in [2.24, 2.45) is 5.41 Å². The normalized spacial score (nSPS) is 21.2. The van der Waals surface area contributed by atoms with Gasteiger partial charge in [0.25, 0.3) is 0 Å². The van der Waals surface area contributed by atoms with Gasteiger partial charge < -0.3 is 14.1 Å². The molecule has 2 aliphatic heterocycles. The van der Waals surface area contributed by atoms with Crippen LogP contribution < -0.4 is 10.3 Å². The lowest BCUT2D eigenvalue weighted by molar-refractivity contribution is -0.119. The molecule has 1 aromatic heterocycles. The van der Waals surface area contributed by atoms with Crippen molar-refractivity contribution in [3.8, 4) is 0 Å². The first-order chi connectivity index (χ1) is 16.2. The van der Waals surface area contributed by atoms with Crippen molar-refractivity contribution in [3.63, 3.8) is 0 Å². The van der Waals surface area contributed by atoms with Crippen LogP contribution in [0.1, 0.15) is 50.7 Å². The molecule has 0 saturated carbocycles. The van der Waals surface area contributed by atoms with Gasteiger partial charge in [-0.2, -0.15) is 0 Å². The predicted molar refractivity (Wildman–Crippen MR) is 132 cm³/mol. The molecule has 0 spiro atoms. The van der Waals surface area contributed by atoms with Gasteiger partial charge in [0.2, 0.25) is 5.88 Å². The second-order valence-electron chi connectivity index (χ2n) is 10.5. The third-order valence-electron chi connectivity index (χ3n) is 7.24. The molecule has 6 rings (SSSR count). The van der Waals surface area contributed by atoms with Gasteiger partial charge in [-0.05, 0) is 43.5 Å². The lowest BCUT2D eigenvalue weighted by atomic mass is 9.69. The maximum atomic E-state index is 14.1. The van der Waals surface area contributed by atoms with E-state index >= 15 is 0 Å².